The summed E-state index contributed by atoms with van der Waals surface area (Å²) in [7, 11) is 0. The zero-order chi connectivity index (χ0) is 16.9. The quantitative estimate of drug-likeness (QED) is 0.743. The van der Waals surface area contributed by atoms with Crippen LogP contribution < -0.4 is 10.6 Å². The average Bonchev–Trinajstić information content (AvgIpc) is 2.74. The van der Waals surface area contributed by atoms with Crippen molar-refractivity contribution in [3.05, 3.63) is 29.8 Å². The number of hydrogen-bond acceptors (Lipinski definition) is 3. The van der Waals surface area contributed by atoms with Crippen molar-refractivity contribution >= 4 is 23.5 Å². The third kappa shape index (κ3) is 4.31. The number of aliphatic carboxylic acids is 1. The smallest absolute Gasteiger partial charge is 0.329 e. The van der Waals surface area contributed by atoms with Crippen molar-refractivity contribution in [2.75, 3.05) is 5.32 Å². The van der Waals surface area contributed by atoms with E-state index in [4.69, 9.17) is 0 Å². The molecule has 1 aliphatic carbocycles. The lowest BCUT2D eigenvalue weighted by Gasteiger charge is -2.29. The van der Waals surface area contributed by atoms with Gasteiger partial charge in [-0.3, -0.25) is 9.59 Å². The van der Waals surface area contributed by atoms with Crippen LogP contribution in [0.5, 0.6) is 0 Å². The van der Waals surface area contributed by atoms with Crippen LogP contribution in [0.15, 0.2) is 24.3 Å². The molecule has 0 atom stereocenters. The molecule has 6 heteroatoms. The number of carboxylic acids is 1. The maximum absolute atomic E-state index is 12.4. The minimum atomic E-state index is -1.18. The molecule has 1 fully saturated rings. The average molecular weight is 318 g/mol. The second kappa shape index (κ2) is 7.26. The first-order valence-corrected chi connectivity index (χ1v) is 7.86. The first kappa shape index (κ1) is 17.0. The molecule has 1 aliphatic rings. The van der Waals surface area contributed by atoms with Crippen molar-refractivity contribution < 1.29 is 19.5 Å². The van der Waals surface area contributed by atoms with Crippen molar-refractivity contribution in [3.63, 3.8) is 0 Å². The highest BCUT2D eigenvalue weighted by molar-refractivity contribution is 5.98. The normalized spacial score (nSPS) is 16.9. The number of carbonyl (C=O) groups is 3. The summed E-state index contributed by atoms with van der Waals surface area (Å²) in [5.74, 6) is -1.56. The topological polar surface area (TPSA) is 95.5 Å². The Morgan fingerprint density at radius 3 is 2.04 bits per heavy atom. The molecule has 0 aromatic heterocycles. The molecule has 1 aromatic rings. The Kier molecular flexibility index (Phi) is 5.36. The molecule has 0 spiro atoms. The Bertz CT molecular complexity index is 587. The fourth-order valence-corrected chi connectivity index (χ4v) is 2.92. The van der Waals surface area contributed by atoms with Gasteiger partial charge in [0.1, 0.15) is 5.54 Å². The van der Waals surface area contributed by atoms with E-state index in [0.29, 0.717) is 24.1 Å². The number of rotatable bonds is 4. The Balaban J connectivity index is 2.12. The van der Waals surface area contributed by atoms with E-state index in [9.17, 15) is 19.5 Å². The maximum atomic E-state index is 12.4. The summed E-state index contributed by atoms with van der Waals surface area (Å²) in [6, 6.07) is 6.40. The van der Waals surface area contributed by atoms with Crippen molar-refractivity contribution in [2.24, 2.45) is 0 Å². The fourth-order valence-electron chi connectivity index (χ4n) is 2.92. The van der Waals surface area contributed by atoms with Gasteiger partial charge in [-0.15, -0.1) is 0 Å². The van der Waals surface area contributed by atoms with Crippen LogP contribution >= 0.6 is 0 Å². The van der Waals surface area contributed by atoms with Crippen LogP contribution in [0, 0.1) is 0 Å². The number of hydrogen-bond donors (Lipinski definition) is 3. The summed E-state index contributed by atoms with van der Waals surface area (Å²) >= 11 is 0. The van der Waals surface area contributed by atoms with Crippen LogP contribution in [0.3, 0.4) is 0 Å². The van der Waals surface area contributed by atoms with Gasteiger partial charge in [0.2, 0.25) is 5.91 Å². The summed E-state index contributed by atoms with van der Waals surface area (Å²) in [5, 5.41) is 14.9. The Hall–Kier alpha value is -2.37. The van der Waals surface area contributed by atoms with E-state index < -0.39 is 17.4 Å². The predicted molar refractivity (Wildman–Crippen MR) is 86.3 cm³/mol. The molecule has 0 heterocycles. The third-order valence-electron chi connectivity index (χ3n) is 4.19. The third-order valence-corrected chi connectivity index (χ3v) is 4.19. The minimum Gasteiger partial charge on any atom is -0.480 e. The van der Waals surface area contributed by atoms with Gasteiger partial charge >= 0.3 is 5.97 Å². The van der Waals surface area contributed by atoms with Crippen LogP contribution in [0.4, 0.5) is 5.69 Å². The SMILES string of the molecule is CC(=O)Nc1ccc(C(=O)NC2(C(=O)O)CCCCCC2)cc1. The van der Waals surface area contributed by atoms with Gasteiger partial charge in [-0.05, 0) is 37.1 Å². The van der Waals surface area contributed by atoms with E-state index in [-0.39, 0.29) is 5.91 Å². The lowest BCUT2D eigenvalue weighted by Crippen LogP contribution is -2.54. The lowest BCUT2D eigenvalue weighted by molar-refractivity contribution is -0.145. The van der Waals surface area contributed by atoms with Crippen LogP contribution in [0.2, 0.25) is 0 Å². The molecule has 2 rings (SSSR count). The molecule has 1 saturated carbocycles. The molecule has 2 amide bonds. The van der Waals surface area contributed by atoms with Crippen molar-refractivity contribution in [1.82, 2.24) is 5.32 Å². The van der Waals surface area contributed by atoms with Gasteiger partial charge in [0, 0.05) is 18.2 Å². The standard InChI is InChI=1S/C17H22N2O4/c1-12(20)18-14-8-6-13(7-9-14)15(21)19-17(16(22)23)10-4-2-3-5-11-17/h6-9H,2-5,10-11H2,1H3,(H,18,20)(H,19,21)(H,22,23). The zero-order valence-electron chi connectivity index (χ0n) is 13.2. The van der Waals surface area contributed by atoms with E-state index in [1.54, 1.807) is 24.3 Å². The molecule has 124 valence electrons. The number of amides is 2. The first-order valence-electron chi connectivity index (χ1n) is 7.86. The largest absolute Gasteiger partial charge is 0.480 e. The number of carboxylic acid groups (broad SMARTS) is 1. The number of benzene rings is 1. The molecule has 0 aliphatic heterocycles. The lowest BCUT2D eigenvalue weighted by atomic mass is 9.90. The summed E-state index contributed by atoms with van der Waals surface area (Å²) < 4.78 is 0. The molecule has 6 nitrogen and oxygen atoms in total. The highest BCUT2D eigenvalue weighted by atomic mass is 16.4. The Morgan fingerprint density at radius 1 is 1.00 bits per heavy atom. The Morgan fingerprint density at radius 2 is 1.57 bits per heavy atom. The van der Waals surface area contributed by atoms with Crippen LogP contribution in [0.1, 0.15) is 55.8 Å². The van der Waals surface area contributed by atoms with Gasteiger partial charge in [-0.25, -0.2) is 4.79 Å². The van der Waals surface area contributed by atoms with Crippen LogP contribution in [0.25, 0.3) is 0 Å². The minimum absolute atomic E-state index is 0.189. The molecular formula is C17H22N2O4. The molecule has 23 heavy (non-hydrogen) atoms. The molecule has 0 bridgehead atoms. The van der Waals surface area contributed by atoms with E-state index in [0.717, 1.165) is 25.7 Å². The van der Waals surface area contributed by atoms with Gasteiger partial charge < -0.3 is 15.7 Å². The summed E-state index contributed by atoms with van der Waals surface area (Å²) in [6.45, 7) is 1.41. The number of anilines is 1. The monoisotopic (exact) mass is 318 g/mol. The second-order valence-corrected chi connectivity index (χ2v) is 6.01. The fraction of sp³-hybridized carbons (Fsp3) is 0.471. The van der Waals surface area contributed by atoms with E-state index in [1.807, 2.05) is 0 Å². The predicted octanol–water partition coefficient (Wildman–Crippen LogP) is 2.55. The maximum Gasteiger partial charge on any atom is 0.329 e. The van der Waals surface area contributed by atoms with E-state index in [2.05, 4.69) is 10.6 Å². The van der Waals surface area contributed by atoms with Gasteiger partial charge in [0.15, 0.2) is 0 Å². The first-order chi connectivity index (χ1) is 10.9. The zero-order valence-corrected chi connectivity index (χ0v) is 13.2. The van der Waals surface area contributed by atoms with Gasteiger partial charge in [0.05, 0.1) is 0 Å². The highest BCUT2D eigenvalue weighted by Gasteiger charge is 2.40. The number of carbonyl (C=O) groups excluding carboxylic acids is 2. The molecule has 0 radical (unpaired) electrons. The van der Waals surface area contributed by atoms with Gasteiger partial charge in [-0.2, -0.15) is 0 Å². The van der Waals surface area contributed by atoms with Gasteiger partial charge in [-0.1, -0.05) is 25.7 Å². The van der Waals surface area contributed by atoms with E-state index >= 15 is 0 Å². The molecule has 1 aromatic carbocycles. The Labute approximate surface area is 135 Å². The van der Waals surface area contributed by atoms with E-state index in [1.165, 1.54) is 6.92 Å². The van der Waals surface area contributed by atoms with Crippen LogP contribution in [-0.2, 0) is 9.59 Å². The van der Waals surface area contributed by atoms with Crippen molar-refractivity contribution in [3.8, 4) is 0 Å². The van der Waals surface area contributed by atoms with Crippen LogP contribution in [-0.4, -0.2) is 28.4 Å². The van der Waals surface area contributed by atoms with Crippen molar-refractivity contribution in [1.29, 1.82) is 0 Å². The molecule has 0 saturated heterocycles. The summed E-state index contributed by atoms with van der Waals surface area (Å²) in [4.78, 5) is 35.1. The molecular weight excluding hydrogens is 296 g/mol. The van der Waals surface area contributed by atoms with Crippen molar-refractivity contribution in [2.45, 2.75) is 51.0 Å². The summed E-state index contributed by atoms with van der Waals surface area (Å²) in [6.07, 6.45) is 4.50. The second-order valence-electron chi connectivity index (χ2n) is 6.01. The molecule has 3 N–H and O–H groups in total. The number of nitrogens with one attached hydrogen (secondary N) is 2. The summed E-state index contributed by atoms with van der Waals surface area (Å²) in [5.41, 5.74) is -0.204. The van der Waals surface area contributed by atoms with Gasteiger partial charge in [0.25, 0.3) is 5.91 Å². The highest BCUT2D eigenvalue weighted by Crippen LogP contribution is 2.28. The molecule has 0 unspecified atom stereocenters.